The highest BCUT2D eigenvalue weighted by Crippen LogP contribution is 2.33. The van der Waals surface area contributed by atoms with Crippen molar-refractivity contribution in [2.45, 2.75) is 39.0 Å². The lowest BCUT2D eigenvalue weighted by molar-refractivity contribution is 0.460. The van der Waals surface area contributed by atoms with Crippen molar-refractivity contribution >= 4 is 17.5 Å². The fraction of sp³-hybridized carbons (Fsp3) is 0.500. The van der Waals surface area contributed by atoms with Crippen LogP contribution in [0, 0.1) is 18.3 Å². The molecule has 132 valence electrons. The van der Waals surface area contributed by atoms with Crippen LogP contribution in [0.2, 0.25) is 0 Å². The molecule has 3 rings (SSSR count). The highest BCUT2D eigenvalue weighted by atomic mass is 15.2. The zero-order chi connectivity index (χ0) is 17.6. The van der Waals surface area contributed by atoms with E-state index < -0.39 is 0 Å². The Morgan fingerprint density at radius 2 is 2.08 bits per heavy atom. The van der Waals surface area contributed by atoms with E-state index in [0.717, 1.165) is 61.8 Å². The van der Waals surface area contributed by atoms with Crippen LogP contribution in [-0.4, -0.2) is 34.8 Å². The van der Waals surface area contributed by atoms with Gasteiger partial charge in [-0.2, -0.15) is 10.4 Å². The van der Waals surface area contributed by atoms with Crippen molar-refractivity contribution < 1.29 is 0 Å². The second-order valence-electron chi connectivity index (χ2n) is 6.44. The van der Waals surface area contributed by atoms with Crippen molar-refractivity contribution in [3.63, 3.8) is 0 Å². The molecule has 1 aliphatic rings. The summed E-state index contributed by atoms with van der Waals surface area (Å²) in [5.74, 6) is 2.49. The van der Waals surface area contributed by atoms with Crippen LogP contribution in [0.25, 0.3) is 0 Å². The summed E-state index contributed by atoms with van der Waals surface area (Å²) in [5.41, 5.74) is 2.73. The lowest BCUT2D eigenvalue weighted by Gasteiger charge is -2.25. The van der Waals surface area contributed by atoms with Gasteiger partial charge in [0.25, 0.3) is 0 Å². The summed E-state index contributed by atoms with van der Waals surface area (Å²) in [6.07, 6.45) is 3.05. The number of nitrogens with one attached hydrogen (secondary N) is 4. The molecule has 7 nitrogen and oxygen atoms in total. The predicted molar refractivity (Wildman–Crippen MR) is 99.2 cm³/mol. The van der Waals surface area contributed by atoms with Crippen LogP contribution in [0.4, 0.5) is 17.5 Å². The Bertz CT molecular complexity index is 753. The van der Waals surface area contributed by atoms with Crippen LogP contribution in [0.3, 0.4) is 0 Å². The molecular formula is C18H25N7. The first-order valence-corrected chi connectivity index (χ1v) is 8.90. The van der Waals surface area contributed by atoms with Crippen LogP contribution in [0.15, 0.2) is 12.1 Å². The maximum atomic E-state index is 9.73. The molecule has 0 spiro atoms. The summed E-state index contributed by atoms with van der Waals surface area (Å²) < 4.78 is 0. The third-order valence-corrected chi connectivity index (χ3v) is 4.45. The van der Waals surface area contributed by atoms with Crippen molar-refractivity contribution in [2.75, 3.05) is 30.3 Å². The van der Waals surface area contributed by atoms with Gasteiger partial charge in [0.05, 0.1) is 5.56 Å². The zero-order valence-electron chi connectivity index (χ0n) is 14.8. The summed E-state index contributed by atoms with van der Waals surface area (Å²) in [7, 11) is 0. The molecule has 0 amide bonds. The molecule has 0 atom stereocenters. The molecule has 1 fully saturated rings. The number of H-pyrrole nitrogens is 1. The van der Waals surface area contributed by atoms with E-state index >= 15 is 0 Å². The van der Waals surface area contributed by atoms with E-state index in [1.54, 1.807) is 0 Å². The predicted octanol–water partition coefficient (Wildman–Crippen LogP) is 3.02. The Morgan fingerprint density at radius 1 is 1.28 bits per heavy atom. The minimum atomic E-state index is 0.377. The number of nitrogens with zero attached hydrogens (tertiary/aromatic N) is 3. The number of aromatic nitrogens is 3. The lowest BCUT2D eigenvalue weighted by atomic mass is 9.87. The highest BCUT2D eigenvalue weighted by Gasteiger charge is 2.22. The first-order valence-electron chi connectivity index (χ1n) is 8.90. The van der Waals surface area contributed by atoms with Gasteiger partial charge in [0.2, 0.25) is 0 Å². The standard InChI is InChI=1S/C18H25N7/c1-3-6-21-18-15(11-19)14(13-4-7-20-8-5-13)10-16(23-18)22-17-9-12(2)24-25-17/h9-10,13,20H,3-8H2,1-2H3,(H3,21,22,23,24,25). The summed E-state index contributed by atoms with van der Waals surface area (Å²) in [6, 6.07) is 6.31. The summed E-state index contributed by atoms with van der Waals surface area (Å²) >= 11 is 0. The van der Waals surface area contributed by atoms with Crippen LogP contribution in [0.5, 0.6) is 0 Å². The van der Waals surface area contributed by atoms with Crippen molar-refractivity contribution in [1.29, 1.82) is 5.26 Å². The molecular weight excluding hydrogens is 314 g/mol. The molecule has 25 heavy (non-hydrogen) atoms. The van der Waals surface area contributed by atoms with E-state index in [0.29, 0.717) is 17.3 Å². The molecule has 0 aliphatic carbocycles. The highest BCUT2D eigenvalue weighted by molar-refractivity contribution is 5.64. The van der Waals surface area contributed by atoms with E-state index in [-0.39, 0.29) is 0 Å². The Labute approximate surface area is 148 Å². The molecule has 0 radical (unpaired) electrons. The van der Waals surface area contributed by atoms with Crippen LogP contribution >= 0.6 is 0 Å². The molecule has 3 heterocycles. The molecule has 4 N–H and O–H groups in total. The minimum Gasteiger partial charge on any atom is -0.369 e. The average molecular weight is 339 g/mol. The number of aryl methyl sites for hydroxylation is 1. The van der Waals surface area contributed by atoms with E-state index in [2.05, 4.69) is 44.1 Å². The van der Waals surface area contributed by atoms with E-state index in [1.165, 1.54) is 0 Å². The van der Waals surface area contributed by atoms with Gasteiger partial charge in [-0.25, -0.2) is 4.98 Å². The maximum Gasteiger partial charge on any atom is 0.153 e. The third-order valence-electron chi connectivity index (χ3n) is 4.45. The first kappa shape index (κ1) is 17.2. The average Bonchev–Trinajstić information content (AvgIpc) is 3.05. The zero-order valence-corrected chi connectivity index (χ0v) is 14.8. The monoisotopic (exact) mass is 339 g/mol. The van der Waals surface area contributed by atoms with Gasteiger partial charge >= 0.3 is 0 Å². The topological polar surface area (TPSA) is 101 Å². The number of piperidine rings is 1. The van der Waals surface area contributed by atoms with Gasteiger partial charge in [-0.05, 0) is 56.8 Å². The summed E-state index contributed by atoms with van der Waals surface area (Å²) in [4.78, 5) is 4.63. The number of rotatable bonds is 6. The SMILES string of the molecule is CCCNc1nc(Nc2cc(C)[nH]n2)cc(C2CCNCC2)c1C#N. The molecule has 0 saturated carbocycles. The number of aromatic amines is 1. The summed E-state index contributed by atoms with van der Waals surface area (Å²) in [6.45, 7) is 6.81. The second-order valence-corrected chi connectivity index (χ2v) is 6.44. The van der Waals surface area contributed by atoms with Gasteiger partial charge in [-0.1, -0.05) is 6.92 Å². The Kier molecular flexibility index (Phi) is 5.51. The molecule has 1 saturated heterocycles. The van der Waals surface area contributed by atoms with Gasteiger partial charge in [-0.3, -0.25) is 5.10 Å². The minimum absolute atomic E-state index is 0.377. The largest absolute Gasteiger partial charge is 0.369 e. The molecule has 7 heteroatoms. The Hall–Kier alpha value is -2.59. The summed E-state index contributed by atoms with van der Waals surface area (Å²) in [5, 5.41) is 26.8. The molecule has 2 aromatic heterocycles. The van der Waals surface area contributed by atoms with Gasteiger partial charge in [-0.15, -0.1) is 0 Å². The van der Waals surface area contributed by atoms with Crippen LogP contribution < -0.4 is 16.0 Å². The fourth-order valence-corrected chi connectivity index (χ4v) is 3.19. The van der Waals surface area contributed by atoms with Crippen molar-refractivity contribution in [1.82, 2.24) is 20.5 Å². The fourth-order valence-electron chi connectivity index (χ4n) is 3.19. The van der Waals surface area contributed by atoms with Gasteiger partial charge in [0.15, 0.2) is 5.82 Å². The van der Waals surface area contributed by atoms with Crippen molar-refractivity contribution in [3.05, 3.63) is 29.0 Å². The maximum absolute atomic E-state index is 9.73. The molecule has 0 bridgehead atoms. The normalized spacial score (nSPS) is 14.9. The van der Waals surface area contributed by atoms with Crippen molar-refractivity contribution in [2.24, 2.45) is 0 Å². The number of nitriles is 1. The number of hydrogen-bond donors (Lipinski definition) is 4. The van der Waals surface area contributed by atoms with Crippen LogP contribution in [-0.2, 0) is 0 Å². The molecule has 1 aliphatic heterocycles. The van der Waals surface area contributed by atoms with Gasteiger partial charge < -0.3 is 16.0 Å². The Balaban J connectivity index is 1.97. The smallest absolute Gasteiger partial charge is 0.153 e. The molecule has 2 aromatic rings. The number of anilines is 3. The lowest BCUT2D eigenvalue weighted by Crippen LogP contribution is -2.27. The van der Waals surface area contributed by atoms with E-state index in [4.69, 9.17) is 0 Å². The quantitative estimate of drug-likeness (QED) is 0.645. The Morgan fingerprint density at radius 3 is 2.72 bits per heavy atom. The third kappa shape index (κ3) is 4.09. The molecule has 0 unspecified atom stereocenters. The van der Waals surface area contributed by atoms with Crippen molar-refractivity contribution in [3.8, 4) is 6.07 Å². The first-order chi connectivity index (χ1) is 12.2. The number of hydrogen-bond acceptors (Lipinski definition) is 6. The van der Waals surface area contributed by atoms with Crippen LogP contribution in [0.1, 0.15) is 48.9 Å². The van der Waals surface area contributed by atoms with Gasteiger partial charge in [0, 0.05) is 18.3 Å². The second kappa shape index (κ2) is 7.99. The number of pyridine rings is 1. The van der Waals surface area contributed by atoms with E-state index in [9.17, 15) is 5.26 Å². The van der Waals surface area contributed by atoms with Gasteiger partial charge in [0.1, 0.15) is 17.7 Å². The molecule has 0 aromatic carbocycles. The van der Waals surface area contributed by atoms with E-state index in [1.807, 2.05) is 19.1 Å².